The molecule has 1 atom stereocenters. The molecule has 0 saturated carbocycles. The van der Waals surface area contributed by atoms with Gasteiger partial charge in [-0.3, -0.25) is 4.90 Å². The van der Waals surface area contributed by atoms with Crippen LogP contribution in [0.2, 0.25) is 0 Å². The Morgan fingerprint density at radius 3 is 2.17 bits per heavy atom. The first-order chi connectivity index (χ1) is 10.9. The minimum Gasteiger partial charge on any atom is -0.495 e. The van der Waals surface area contributed by atoms with Crippen LogP contribution >= 0.6 is 15.9 Å². The van der Waals surface area contributed by atoms with Gasteiger partial charge in [0.2, 0.25) is 0 Å². The Labute approximate surface area is 147 Å². The molecule has 2 N–H and O–H groups in total. The van der Waals surface area contributed by atoms with Gasteiger partial charge in [-0.2, -0.15) is 0 Å². The Morgan fingerprint density at radius 2 is 1.74 bits per heavy atom. The van der Waals surface area contributed by atoms with E-state index in [-0.39, 0.29) is 18.1 Å². The molecule has 0 bridgehead atoms. The molecule has 0 radical (unpaired) electrons. The largest absolute Gasteiger partial charge is 0.495 e. The summed E-state index contributed by atoms with van der Waals surface area (Å²) in [5.74, 6) is 1.49. The van der Waals surface area contributed by atoms with Gasteiger partial charge in [-0.25, -0.2) is 0 Å². The quantitative estimate of drug-likeness (QED) is 0.786. The summed E-state index contributed by atoms with van der Waals surface area (Å²) in [5.41, 5.74) is 0.823. The molecule has 1 aromatic rings. The lowest BCUT2D eigenvalue weighted by Crippen LogP contribution is -2.49. The number of aliphatic hydroxyl groups excluding tert-OH is 1. The van der Waals surface area contributed by atoms with Crippen molar-refractivity contribution < 1.29 is 14.6 Å². The number of nitrogens with zero attached hydrogens (tertiary/aromatic N) is 1. The maximum absolute atomic E-state index is 9.95. The van der Waals surface area contributed by atoms with Gasteiger partial charge in [0.05, 0.1) is 14.2 Å². The molecule has 6 heteroatoms. The fraction of sp³-hybridized carbons (Fsp3) is 0.647. The van der Waals surface area contributed by atoms with Crippen LogP contribution in [-0.4, -0.2) is 57.0 Å². The molecule has 1 aliphatic rings. The summed E-state index contributed by atoms with van der Waals surface area (Å²) in [7, 11) is 3.31. The first kappa shape index (κ1) is 18.5. The third-order valence-electron chi connectivity index (χ3n) is 4.45. The minimum atomic E-state index is -0.277. The Kier molecular flexibility index (Phi) is 6.31. The first-order valence-corrected chi connectivity index (χ1v) is 8.71. The van der Waals surface area contributed by atoms with Crippen molar-refractivity contribution in [2.24, 2.45) is 5.41 Å². The van der Waals surface area contributed by atoms with Crippen LogP contribution in [0.4, 0.5) is 0 Å². The zero-order chi connectivity index (χ0) is 17.0. The van der Waals surface area contributed by atoms with Crippen LogP contribution < -0.4 is 14.8 Å². The standard InChI is InChI=1S/C17H27BrN2O3/c1-17(2,11-21)16(20-7-5-19-6-8-20)12-9-13(22-3)15(18)14(10-12)23-4/h9-10,16,19,21H,5-8,11H2,1-4H3/t16-/m0/s1. The normalized spacial score (nSPS) is 17.8. The summed E-state index contributed by atoms with van der Waals surface area (Å²) in [5, 5.41) is 13.3. The highest BCUT2D eigenvalue weighted by Gasteiger charge is 2.36. The van der Waals surface area contributed by atoms with E-state index in [2.05, 4.69) is 40.0 Å². The van der Waals surface area contributed by atoms with Crippen LogP contribution in [0, 0.1) is 5.41 Å². The number of methoxy groups -OCH3 is 2. The maximum atomic E-state index is 9.95. The van der Waals surface area contributed by atoms with E-state index >= 15 is 0 Å². The molecule has 0 spiro atoms. The predicted octanol–water partition coefficient (Wildman–Crippen LogP) is 2.43. The average molecular weight is 387 g/mol. The molecular formula is C17H27BrN2O3. The van der Waals surface area contributed by atoms with Crippen LogP contribution in [0.5, 0.6) is 11.5 Å². The number of piperazine rings is 1. The van der Waals surface area contributed by atoms with Crippen LogP contribution in [0.25, 0.3) is 0 Å². The lowest BCUT2D eigenvalue weighted by atomic mass is 9.79. The van der Waals surface area contributed by atoms with Crippen LogP contribution in [0.1, 0.15) is 25.5 Å². The van der Waals surface area contributed by atoms with Gasteiger partial charge in [-0.1, -0.05) is 13.8 Å². The number of nitrogens with one attached hydrogen (secondary N) is 1. The monoisotopic (exact) mass is 386 g/mol. The molecule has 1 fully saturated rings. The predicted molar refractivity (Wildman–Crippen MR) is 95.3 cm³/mol. The molecular weight excluding hydrogens is 360 g/mol. The third kappa shape index (κ3) is 3.99. The number of rotatable bonds is 6. The van der Waals surface area contributed by atoms with Gasteiger partial charge >= 0.3 is 0 Å². The first-order valence-electron chi connectivity index (χ1n) is 7.91. The number of halogens is 1. The number of hydrogen-bond acceptors (Lipinski definition) is 5. The van der Waals surface area contributed by atoms with Crippen molar-refractivity contribution in [2.75, 3.05) is 47.0 Å². The second-order valence-electron chi connectivity index (χ2n) is 6.57. The molecule has 2 rings (SSSR count). The van der Waals surface area contributed by atoms with Crippen molar-refractivity contribution >= 4 is 15.9 Å². The highest BCUT2D eigenvalue weighted by Crippen LogP contribution is 2.44. The van der Waals surface area contributed by atoms with Gasteiger partial charge in [-0.05, 0) is 33.6 Å². The second kappa shape index (κ2) is 7.83. The smallest absolute Gasteiger partial charge is 0.137 e. The second-order valence-corrected chi connectivity index (χ2v) is 7.37. The lowest BCUT2D eigenvalue weighted by molar-refractivity contribution is 0.0303. The summed E-state index contributed by atoms with van der Waals surface area (Å²) in [6.07, 6.45) is 0. The number of ether oxygens (including phenoxy) is 2. The molecule has 0 unspecified atom stereocenters. The minimum absolute atomic E-state index is 0.0884. The van der Waals surface area contributed by atoms with Crippen molar-refractivity contribution in [1.29, 1.82) is 0 Å². The van der Waals surface area contributed by atoms with E-state index in [1.807, 2.05) is 12.1 Å². The van der Waals surface area contributed by atoms with Crippen molar-refractivity contribution in [1.82, 2.24) is 10.2 Å². The zero-order valence-electron chi connectivity index (χ0n) is 14.4. The maximum Gasteiger partial charge on any atom is 0.137 e. The molecule has 0 aliphatic carbocycles. The Morgan fingerprint density at radius 1 is 1.22 bits per heavy atom. The molecule has 130 valence electrons. The Bertz CT molecular complexity index is 506. The third-order valence-corrected chi connectivity index (χ3v) is 5.23. The van der Waals surface area contributed by atoms with E-state index in [1.165, 1.54) is 0 Å². The van der Waals surface area contributed by atoms with E-state index in [1.54, 1.807) is 14.2 Å². The lowest BCUT2D eigenvalue weighted by Gasteiger charge is -2.43. The molecule has 5 nitrogen and oxygen atoms in total. The van der Waals surface area contributed by atoms with E-state index in [4.69, 9.17) is 9.47 Å². The topological polar surface area (TPSA) is 54.0 Å². The van der Waals surface area contributed by atoms with Gasteiger partial charge in [0.15, 0.2) is 0 Å². The molecule has 0 aromatic heterocycles. The fourth-order valence-electron chi connectivity index (χ4n) is 3.23. The summed E-state index contributed by atoms with van der Waals surface area (Å²) in [4.78, 5) is 2.43. The van der Waals surface area contributed by atoms with Gasteiger partial charge in [0.25, 0.3) is 0 Å². The van der Waals surface area contributed by atoms with E-state index in [9.17, 15) is 5.11 Å². The van der Waals surface area contributed by atoms with E-state index in [0.717, 1.165) is 47.7 Å². The number of hydrogen-bond donors (Lipinski definition) is 2. The van der Waals surface area contributed by atoms with E-state index in [0.29, 0.717) is 0 Å². The Hall–Kier alpha value is -0.820. The zero-order valence-corrected chi connectivity index (χ0v) is 15.9. The van der Waals surface area contributed by atoms with Gasteiger partial charge in [0, 0.05) is 44.2 Å². The molecule has 1 aromatic carbocycles. The van der Waals surface area contributed by atoms with Crippen LogP contribution in [-0.2, 0) is 0 Å². The number of aliphatic hydroxyl groups is 1. The SMILES string of the molecule is COc1cc([C@H](N2CCNCC2)C(C)(C)CO)cc(OC)c1Br. The van der Waals surface area contributed by atoms with Gasteiger partial charge in [-0.15, -0.1) is 0 Å². The molecule has 1 aliphatic heterocycles. The van der Waals surface area contributed by atoms with Crippen molar-refractivity contribution in [3.63, 3.8) is 0 Å². The molecule has 1 heterocycles. The summed E-state index contributed by atoms with van der Waals surface area (Å²) in [6.45, 7) is 8.14. The van der Waals surface area contributed by atoms with Crippen molar-refractivity contribution in [3.8, 4) is 11.5 Å². The molecule has 0 amide bonds. The molecule has 23 heavy (non-hydrogen) atoms. The van der Waals surface area contributed by atoms with Crippen LogP contribution in [0.15, 0.2) is 16.6 Å². The van der Waals surface area contributed by atoms with Crippen molar-refractivity contribution in [3.05, 3.63) is 22.2 Å². The number of benzene rings is 1. The highest BCUT2D eigenvalue weighted by molar-refractivity contribution is 9.10. The molecule has 1 saturated heterocycles. The summed E-state index contributed by atoms with van der Waals surface area (Å²) in [6, 6.07) is 4.17. The van der Waals surface area contributed by atoms with Gasteiger partial charge in [0.1, 0.15) is 16.0 Å². The van der Waals surface area contributed by atoms with Crippen LogP contribution in [0.3, 0.4) is 0 Å². The fourth-order valence-corrected chi connectivity index (χ4v) is 3.78. The van der Waals surface area contributed by atoms with E-state index < -0.39 is 0 Å². The highest BCUT2D eigenvalue weighted by atomic mass is 79.9. The Balaban J connectivity index is 2.50. The van der Waals surface area contributed by atoms with Gasteiger partial charge < -0.3 is 19.9 Å². The summed E-state index contributed by atoms with van der Waals surface area (Å²) < 4.78 is 11.8. The summed E-state index contributed by atoms with van der Waals surface area (Å²) >= 11 is 3.53. The average Bonchev–Trinajstić information content (AvgIpc) is 2.57. The van der Waals surface area contributed by atoms with Crippen molar-refractivity contribution in [2.45, 2.75) is 19.9 Å².